The molecular weight excluding hydrogens is 336 g/mol. The van der Waals surface area contributed by atoms with E-state index in [-0.39, 0.29) is 17.4 Å². The number of amides is 1. The van der Waals surface area contributed by atoms with Gasteiger partial charge in [0, 0.05) is 25.3 Å². The zero-order valence-corrected chi connectivity index (χ0v) is 18.3. The van der Waals surface area contributed by atoms with Crippen LogP contribution in [-0.2, 0) is 4.79 Å². The van der Waals surface area contributed by atoms with Crippen molar-refractivity contribution >= 4 is 5.91 Å². The van der Waals surface area contributed by atoms with Crippen LogP contribution in [0.15, 0.2) is 37.7 Å². The molecule has 1 heterocycles. The van der Waals surface area contributed by atoms with E-state index in [2.05, 4.69) is 50.8 Å². The Morgan fingerprint density at radius 2 is 1.96 bits per heavy atom. The first-order chi connectivity index (χ1) is 12.8. The van der Waals surface area contributed by atoms with Crippen LogP contribution in [0.1, 0.15) is 47.0 Å². The fraction of sp³-hybridized carbons (Fsp3) is 0.682. The lowest BCUT2D eigenvalue weighted by atomic mass is 9.80. The van der Waals surface area contributed by atoms with E-state index in [1.165, 1.54) is 6.08 Å². The van der Waals surface area contributed by atoms with Crippen LogP contribution in [-0.4, -0.2) is 55.0 Å². The molecule has 0 radical (unpaired) electrons. The van der Waals surface area contributed by atoms with Gasteiger partial charge >= 0.3 is 0 Å². The second-order valence-electron chi connectivity index (χ2n) is 7.62. The quantitative estimate of drug-likeness (QED) is 0.427. The lowest BCUT2D eigenvalue weighted by Crippen LogP contribution is -2.42. The first kappa shape index (κ1) is 25.2. The maximum Gasteiger partial charge on any atom is 0.245 e. The van der Waals surface area contributed by atoms with Gasteiger partial charge in [0.2, 0.25) is 5.91 Å². The smallest absolute Gasteiger partial charge is 0.245 e. The van der Waals surface area contributed by atoms with Gasteiger partial charge in [-0.25, -0.2) is 0 Å². The summed E-state index contributed by atoms with van der Waals surface area (Å²) in [6, 6.07) is 0.177. The number of nitrogens with two attached hydrogens (primary N) is 1. The third-order valence-corrected chi connectivity index (χ3v) is 5.35. The highest BCUT2D eigenvalue weighted by molar-refractivity contribution is 5.87. The van der Waals surface area contributed by atoms with Crippen LogP contribution in [0.3, 0.4) is 0 Å². The molecule has 3 N–H and O–H groups in total. The van der Waals surface area contributed by atoms with Gasteiger partial charge in [-0.3, -0.25) is 9.69 Å². The van der Waals surface area contributed by atoms with E-state index in [4.69, 9.17) is 5.73 Å². The number of likely N-dealkylation sites (tertiary alicyclic amines) is 1. The minimum absolute atomic E-state index is 0.0299. The molecule has 2 atom stereocenters. The van der Waals surface area contributed by atoms with E-state index in [0.717, 1.165) is 51.1 Å². The number of likely N-dealkylation sites (N-methyl/N-ethyl adjacent to an activating group) is 1. The Morgan fingerprint density at radius 3 is 2.44 bits per heavy atom. The molecule has 0 aliphatic carbocycles. The number of hydrogen-bond acceptors (Lipinski definition) is 4. The van der Waals surface area contributed by atoms with Crippen molar-refractivity contribution in [2.75, 3.05) is 33.2 Å². The van der Waals surface area contributed by atoms with Gasteiger partial charge in [0.25, 0.3) is 0 Å². The van der Waals surface area contributed by atoms with Crippen LogP contribution < -0.4 is 11.1 Å². The topological polar surface area (TPSA) is 61.6 Å². The Balaban J connectivity index is 0.00000326. The van der Waals surface area contributed by atoms with Crippen molar-refractivity contribution in [2.24, 2.45) is 17.1 Å². The first-order valence-corrected chi connectivity index (χ1v) is 10.2. The standard InChI is InChI=1S/C20H36N4O.C2H6/c1-7-18(25)24-14-11-20(15-24,9-12-22-8-2)10-13-23(6)19(16(3)4)17(5)21;1-2/h7-8,16,19,22H,1-2,5,9-15,21H2,3-4,6H3;1-2H3. The number of carbonyl (C=O) groups excluding carboxylic acids is 1. The summed E-state index contributed by atoms with van der Waals surface area (Å²) in [5, 5.41) is 3.20. The van der Waals surface area contributed by atoms with Crippen LogP contribution in [0.4, 0.5) is 0 Å². The molecule has 156 valence electrons. The van der Waals surface area contributed by atoms with Gasteiger partial charge in [0.15, 0.2) is 0 Å². The third kappa shape index (κ3) is 7.79. The summed E-state index contributed by atoms with van der Waals surface area (Å²) in [5.74, 6) is 0.450. The van der Waals surface area contributed by atoms with Crippen molar-refractivity contribution in [3.8, 4) is 0 Å². The van der Waals surface area contributed by atoms with Gasteiger partial charge in [0.1, 0.15) is 0 Å². The fourth-order valence-electron chi connectivity index (χ4n) is 4.00. The summed E-state index contributed by atoms with van der Waals surface area (Å²) in [5.41, 5.74) is 6.85. The monoisotopic (exact) mass is 378 g/mol. The molecule has 0 aromatic heterocycles. The van der Waals surface area contributed by atoms with E-state index in [1.54, 1.807) is 6.20 Å². The van der Waals surface area contributed by atoms with Crippen LogP contribution in [0.25, 0.3) is 0 Å². The maximum atomic E-state index is 12.0. The molecule has 1 fully saturated rings. The molecule has 1 aliphatic heterocycles. The van der Waals surface area contributed by atoms with Gasteiger partial charge in [0.05, 0.1) is 6.04 Å². The Labute approximate surface area is 167 Å². The van der Waals surface area contributed by atoms with E-state index >= 15 is 0 Å². The molecule has 0 aromatic carbocycles. The zero-order chi connectivity index (χ0) is 21.0. The first-order valence-electron chi connectivity index (χ1n) is 10.2. The van der Waals surface area contributed by atoms with Crippen molar-refractivity contribution in [3.05, 3.63) is 37.7 Å². The van der Waals surface area contributed by atoms with Crippen molar-refractivity contribution in [3.63, 3.8) is 0 Å². The highest BCUT2D eigenvalue weighted by Crippen LogP contribution is 2.38. The van der Waals surface area contributed by atoms with Crippen molar-refractivity contribution in [1.82, 2.24) is 15.1 Å². The molecule has 1 rings (SSSR count). The Bertz CT molecular complexity index is 489. The Kier molecular flexibility index (Phi) is 11.8. The number of carbonyl (C=O) groups is 1. The molecule has 1 amide bonds. The van der Waals surface area contributed by atoms with Gasteiger partial charge in [-0.1, -0.05) is 47.4 Å². The summed E-state index contributed by atoms with van der Waals surface area (Å²) >= 11 is 0. The highest BCUT2D eigenvalue weighted by Gasteiger charge is 2.39. The third-order valence-electron chi connectivity index (χ3n) is 5.35. The van der Waals surface area contributed by atoms with Gasteiger partial charge in [-0.2, -0.15) is 0 Å². The summed E-state index contributed by atoms with van der Waals surface area (Å²) in [7, 11) is 2.11. The molecule has 27 heavy (non-hydrogen) atoms. The number of hydrogen-bond donors (Lipinski definition) is 2. The SMILES string of the molecule is C=CNCCC1(CCN(C)C(C(=C)N)C(C)C)CCN(C(=O)C=C)C1.CC. The number of nitrogens with one attached hydrogen (secondary N) is 1. The summed E-state index contributed by atoms with van der Waals surface area (Å²) in [6.07, 6.45) is 6.21. The maximum absolute atomic E-state index is 12.0. The van der Waals surface area contributed by atoms with Gasteiger partial charge in [-0.15, -0.1) is 0 Å². The van der Waals surface area contributed by atoms with E-state index < -0.39 is 0 Å². The minimum atomic E-state index is 0.0299. The van der Waals surface area contributed by atoms with E-state index in [9.17, 15) is 4.79 Å². The average Bonchev–Trinajstić information content (AvgIpc) is 3.05. The second-order valence-corrected chi connectivity index (χ2v) is 7.62. The summed E-state index contributed by atoms with van der Waals surface area (Å²) in [4.78, 5) is 16.2. The molecule has 1 saturated heterocycles. The molecule has 0 aromatic rings. The normalized spacial score (nSPS) is 20.0. The van der Waals surface area contributed by atoms with Crippen molar-refractivity contribution in [2.45, 2.75) is 53.0 Å². The zero-order valence-electron chi connectivity index (χ0n) is 18.3. The lowest BCUT2D eigenvalue weighted by molar-refractivity contribution is -0.125. The molecule has 5 nitrogen and oxygen atoms in total. The van der Waals surface area contributed by atoms with Crippen LogP contribution >= 0.6 is 0 Å². The lowest BCUT2D eigenvalue weighted by Gasteiger charge is -2.36. The van der Waals surface area contributed by atoms with Gasteiger partial charge < -0.3 is 16.0 Å². The van der Waals surface area contributed by atoms with Crippen molar-refractivity contribution < 1.29 is 4.79 Å². The second kappa shape index (κ2) is 12.6. The highest BCUT2D eigenvalue weighted by atomic mass is 16.2. The average molecular weight is 379 g/mol. The van der Waals surface area contributed by atoms with Gasteiger partial charge in [-0.05, 0) is 56.5 Å². The summed E-state index contributed by atoms with van der Waals surface area (Å²) in [6.45, 7) is 23.0. The molecule has 5 heteroatoms. The molecule has 0 spiro atoms. The molecule has 1 aliphatic rings. The molecule has 0 bridgehead atoms. The van der Waals surface area contributed by atoms with Crippen molar-refractivity contribution in [1.29, 1.82) is 0 Å². The predicted octanol–water partition coefficient (Wildman–Crippen LogP) is 3.36. The molecule has 2 unspecified atom stereocenters. The Morgan fingerprint density at radius 1 is 1.33 bits per heavy atom. The summed E-state index contributed by atoms with van der Waals surface area (Å²) < 4.78 is 0. The largest absolute Gasteiger partial charge is 0.401 e. The van der Waals surface area contributed by atoms with E-state index in [0.29, 0.717) is 5.92 Å². The number of rotatable bonds is 11. The minimum Gasteiger partial charge on any atom is -0.401 e. The molecule has 0 saturated carbocycles. The molecular formula is C22H42N4O. The Hall–Kier alpha value is -1.75. The van der Waals surface area contributed by atoms with Crippen LogP contribution in [0, 0.1) is 11.3 Å². The van der Waals surface area contributed by atoms with Crippen LogP contribution in [0.5, 0.6) is 0 Å². The van der Waals surface area contributed by atoms with E-state index in [1.807, 2.05) is 18.7 Å². The predicted molar refractivity (Wildman–Crippen MR) is 117 cm³/mol. The number of nitrogens with zero attached hydrogens (tertiary/aromatic N) is 2. The van der Waals surface area contributed by atoms with Crippen LogP contribution in [0.2, 0.25) is 0 Å². The fourth-order valence-corrected chi connectivity index (χ4v) is 4.00.